The molecule has 138 valence electrons. The molecule has 0 aliphatic heterocycles. The normalized spacial score (nSPS) is 15.9. The predicted molar refractivity (Wildman–Crippen MR) is 46.9 cm³/mol. The van der Waals surface area contributed by atoms with E-state index in [2.05, 4.69) is 0 Å². The molecule has 0 unspecified atom stereocenters. The molecule has 0 rings (SSSR count). The minimum atomic E-state index is -6.16. The average molecular weight is 485 g/mol. The van der Waals surface area contributed by atoms with Gasteiger partial charge < -0.3 is 0 Å². The molecule has 0 amide bonds. The molecule has 0 aromatic carbocycles. The molecule has 0 saturated heterocycles. The Morgan fingerprint density at radius 3 is 0.826 bits per heavy atom. The molecule has 0 nitrogen and oxygen atoms in total. The predicted octanol–water partition coefficient (Wildman–Crippen LogP) is 5.05. The van der Waals surface area contributed by atoms with E-state index in [0.29, 0.717) is 0 Å². The van der Waals surface area contributed by atoms with Crippen molar-refractivity contribution in [1.82, 2.24) is 0 Å². The van der Waals surface area contributed by atoms with Crippen molar-refractivity contribution in [3.05, 3.63) is 0 Å². The Labute approximate surface area is 128 Å². The summed E-state index contributed by atoms with van der Waals surface area (Å²) < 4.78 is 160. The summed E-state index contributed by atoms with van der Waals surface area (Å²) in [5.41, 5.74) is 0. The van der Waals surface area contributed by atoms with E-state index in [1.165, 1.54) is 0 Å². The second kappa shape index (κ2) is 6.28. The van der Waals surface area contributed by atoms with Gasteiger partial charge in [-0.25, -0.2) is 0 Å². The molecule has 0 aliphatic rings. The van der Waals surface area contributed by atoms with E-state index in [1.807, 2.05) is 0 Å². The van der Waals surface area contributed by atoms with Gasteiger partial charge in [0.15, 0.2) is 0 Å². The third kappa shape index (κ3) is 6.68. The van der Waals surface area contributed by atoms with Gasteiger partial charge >= 0.3 is 128 Å². The first-order valence-electron chi connectivity index (χ1n) is 5.06. The molecular weight excluding hydrogens is 481 g/mol. The number of alkyl halides is 14. The summed E-state index contributed by atoms with van der Waals surface area (Å²) in [4.78, 5) is 0. The molecule has 0 aromatic rings. The zero-order chi connectivity index (χ0) is 19.1. The Balaban J connectivity index is 5.41. The molecule has 0 heterocycles. The van der Waals surface area contributed by atoms with Crippen molar-refractivity contribution in [2.45, 2.75) is 44.9 Å². The van der Waals surface area contributed by atoms with E-state index in [9.17, 15) is 61.5 Å². The van der Waals surface area contributed by atoms with Crippen LogP contribution in [0.5, 0.6) is 0 Å². The molecular formula is C8H4F14Sn. The van der Waals surface area contributed by atoms with Gasteiger partial charge in [0, 0.05) is 0 Å². The molecule has 0 aliphatic carbocycles. The van der Waals surface area contributed by atoms with Crippen LogP contribution in [-0.4, -0.2) is 53.2 Å². The van der Waals surface area contributed by atoms with Gasteiger partial charge in [-0.15, -0.1) is 0 Å². The van der Waals surface area contributed by atoms with Gasteiger partial charge in [-0.3, -0.25) is 0 Å². The fourth-order valence-electron chi connectivity index (χ4n) is 1.11. The molecule has 2 radical (unpaired) electrons. The molecule has 0 saturated carbocycles. The van der Waals surface area contributed by atoms with E-state index in [0.717, 1.165) is 0 Å². The van der Waals surface area contributed by atoms with Crippen molar-refractivity contribution in [3.8, 4) is 0 Å². The van der Waals surface area contributed by atoms with E-state index in [1.54, 1.807) is 0 Å². The molecule has 15 heteroatoms. The van der Waals surface area contributed by atoms with Crippen molar-refractivity contribution in [3.63, 3.8) is 0 Å². The average Bonchev–Trinajstić information content (AvgIpc) is 2.05. The first-order chi connectivity index (χ1) is 9.62. The molecule has 0 N–H and O–H groups in total. The van der Waals surface area contributed by atoms with Crippen LogP contribution in [0.3, 0.4) is 0 Å². The summed E-state index contributed by atoms with van der Waals surface area (Å²) in [6.07, 6.45) is -19.0. The zero-order valence-electron chi connectivity index (χ0n) is 10.2. The van der Waals surface area contributed by atoms with Gasteiger partial charge in [0.25, 0.3) is 0 Å². The van der Waals surface area contributed by atoms with E-state index >= 15 is 0 Å². The first kappa shape index (κ1) is 22.8. The van der Waals surface area contributed by atoms with E-state index < -0.39 is 66.1 Å². The van der Waals surface area contributed by atoms with Crippen LogP contribution in [0.15, 0.2) is 0 Å². The Morgan fingerprint density at radius 1 is 0.435 bits per heavy atom. The summed E-state index contributed by atoms with van der Waals surface area (Å²) in [6, 6.07) is 0. The van der Waals surface area contributed by atoms with E-state index in [-0.39, 0.29) is 0 Å². The third-order valence-corrected chi connectivity index (χ3v) is 5.96. The van der Waals surface area contributed by atoms with Crippen LogP contribution in [-0.2, 0) is 0 Å². The number of halogens is 14. The molecule has 23 heavy (non-hydrogen) atoms. The Hall–Kier alpha value is -0.181. The second-order valence-corrected chi connectivity index (χ2v) is 8.56. The summed E-state index contributed by atoms with van der Waals surface area (Å²) in [5, 5.41) is 0. The maximum atomic E-state index is 12.9. The van der Waals surface area contributed by atoms with Gasteiger partial charge in [-0.05, 0) is 0 Å². The molecule has 0 aromatic heterocycles. The third-order valence-electron chi connectivity index (χ3n) is 2.08. The van der Waals surface area contributed by atoms with Crippen LogP contribution in [0.2, 0.25) is 0 Å². The van der Waals surface area contributed by atoms with Crippen molar-refractivity contribution in [2.24, 2.45) is 0 Å². The Bertz CT molecular complexity index is 366. The van der Waals surface area contributed by atoms with Gasteiger partial charge in [0.05, 0.1) is 0 Å². The fourth-order valence-corrected chi connectivity index (χ4v) is 3.78. The minimum absolute atomic E-state index is 3.57. The Kier molecular flexibility index (Phi) is 6.23. The van der Waals surface area contributed by atoms with Gasteiger partial charge in [0.2, 0.25) is 0 Å². The van der Waals surface area contributed by atoms with Crippen LogP contribution in [0, 0.1) is 0 Å². The molecule has 0 atom stereocenters. The first-order valence-corrected chi connectivity index (χ1v) is 7.91. The van der Waals surface area contributed by atoms with Gasteiger partial charge in [-0.2, -0.15) is 0 Å². The number of hydrogen-bond donors (Lipinski definition) is 0. The molecule has 0 bridgehead atoms. The number of hydrogen-bond acceptors (Lipinski definition) is 0. The van der Waals surface area contributed by atoms with Crippen molar-refractivity contribution in [1.29, 1.82) is 0 Å². The quantitative estimate of drug-likeness (QED) is 0.365. The van der Waals surface area contributed by atoms with Crippen molar-refractivity contribution >= 4 is 21.1 Å². The van der Waals surface area contributed by atoms with Crippen LogP contribution in [0.25, 0.3) is 0 Å². The van der Waals surface area contributed by atoms with Crippen LogP contribution >= 0.6 is 0 Å². The molecule has 0 fully saturated rings. The molecule has 0 spiro atoms. The summed E-state index contributed by atoms with van der Waals surface area (Å²) in [7, 11) is 0. The van der Waals surface area contributed by atoms with Gasteiger partial charge in [-0.1, -0.05) is 0 Å². The van der Waals surface area contributed by atoms with Crippen LogP contribution in [0.4, 0.5) is 61.5 Å². The fraction of sp³-hybridized carbons (Fsp3) is 1.00. The second-order valence-electron chi connectivity index (χ2n) is 4.27. The van der Waals surface area contributed by atoms with Crippen LogP contribution < -0.4 is 0 Å². The summed E-state index contributed by atoms with van der Waals surface area (Å²) >= 11 is -5.79. The number of rotatable bonds is 6. The summed E-state index contributed by atoms with van der Waals surface area (Å²) in [6.45, 7) is 0. The standard InChI is InChI=1S/2C4H2F7.Sn/c2*5-2(6)3(7,8)1-4(9,10)11;/h2*1H2;. The van der Waals surface area contributed by atoms with Crippen molar-refractivity contribution < 1.29 is 61.5 Å². The van der Waals surface area contributed by atoms with E-state index in [4.69, 9.17) is 0 Å². The summed E-state index contributed by atoms with van der Waals surface area (Å²) in [5.74, 6) is -12.3. The van der Waals surface area contributed by atoms with Crippen molar-refractivity contribution in [2.75, 3.05) is 0 Å². The zero-order valence-corrected chi connectivity index (χ0v) is 13.1. The Morgan fingerprint density at radius 2 is 0.652 bits per heavy atom. The maximum absolute atomic E-state index is 12.9. The topological polar surface area (TPSA) is 0 Å². The SMILES string of the molecule is FC(F)(F)CC(F)(F)[C](F)(F)[Sn][C](F)(F)C(F)(F)CC(F)(F)F. The van der Waals surface area contributed by atoms with Crippen LogP contribution in [0.1, 0.15) is 12.8 Å². The van der Waals surface area contributed by atoms with Gasteiger partial charge in [0.1, 0.15) is 0 Å². The monoisotopic (exact) mass is 486 g/mol.